The van der Waals surface area contributed by atoms with Crippen molar-refractivity contribution in [3.8, 4) is 0 Å². The number of aliphatic imine (C=N–C) groups is 1. The molecule has 6 N–H and O–H groups in total. The van der Waals surface area contributed by atoms with Crippen molar-refractivity contribution in [2.24, 2.45) is 16.5 Å². The molecule has 0 spiro atoms. The number of hydrogen-bond acceptors (Lipinski definition) is 7. The van der Waals surface area contributed by atoms with Crippen LogP contribution in [0, 0.1) is 6.92 Å². The summed E-state index contributed by atoms with van der Waals surface area (Å²) >= 11 is 1.15. The number of ether oxygens (including phenoxy) is 1. The van der Waals surface area contributed by atoms with Crippen molar-refractivity contribution in [3.05, 3.63) is 46.5 Å². The minimum absolute atomic E-state index is 0.0232. The van der Waals surface area contributed by atoms with Crippen molar-refractivity contribution in [2.75, 3.05) is 13.2 Å². The van der Waals surface area contributed by atoms with Crippen molar-refractivity contribution >= 4 is 40.2 Å². The Balaban J connectivity index is 2.00. The number of carbonyl (C=O) groups excluding carboxylic acids is 3. The van der Waals surface area contributed by atoms with Gasteiger partial charge in [-0.25, -0.2) is 4.98 Å². The Labute approximate surface area is 177 Å². The van der Waals surface area contributed by atoms with Gasteiger partial charge in [-0.1, -0.05) is 41.7 Å². The number of rotatable bonds is 9. The van der Waals surface area contributed by atoms with Crippen molar-refractivity contribution in [1.29, 1.82) is 0 Å². The first-order valence-corrected chi connectivity index (χ1v) is 9.97. The lowest BCUT2D eigenvalue weighted by Gasteiger charge is -2.18. The zero-order chi connectivity index (χ0) is 22.1. The predicted octanol–water partition coefficient (Wildman–Crippen LogP) is 0.897. The molecule has 1 atom stereocenters. The Morgan fingerprint density at radius 1 is 1.23 bits per heavy atom. The van der Waals surface area contributed by atoms with Gasteiger partial charge in [0.2, 0.25) is 11.0 Å². The van der Waals surface area contributed by atoms with Gasteiger partial charge in [0.15, 0.2) is 5.96 Å². The highest BCUT2D eigenvalue weighted by Gasteiger charge is 2.21. The molecule has 1 aromatic heterocycles. The van der Waals surface area contributed by atoms with E-state index in [1.807, 2.05) is 6.07 Å². The van der Waals surface area contributed by atoms with Crippen molar-refractivity contribution in [1.82, 2.24) is 15.6 Å². The van der Waals surface area contributed by atoms with E-state index in [1.54, 1.807) is 38.1 Å². The molecule has 10 nitrogen and oxygen atoms in total. The smallest absolute Gasteiger partial charge is 0.308 e. The summed E-state index contributed by atoms with van der Waals surface area (Å²) in [5.74, 6) is -1.58. The lowest BCUT2D eigenvalue weighted by molar-refractivity contribution is -0.143. The number of thiazole rings is 1. The van der Waals surface area contributed by atoms with Crippen LogP contribution < -0.4 is 22.1 Å². The first-order chi connectivity index (χ1) is 14.3. The zero-order valence-electron chi connectivity index (χ0n) is 16.7. The van der Waals surface area contributed by atoms with Crippen LogP contribution in [-0.2, 0) is 14.3 Å². The van der Waals surface area contributed by atoms with Crippen LogP contribution in [0.5, 0.6) is 0 Å². The van der Waals surface area contributed by atoms with Crippen LogP contribution in [0.2, 0.25) is 0 Å². The van der Waals surface area contributed by atoms with Crippen molar-refractivity contribution < 1.29 is 19.1 Å². The second kappa shape index (κ2) is 10.9. The van der Waals surface area contributed by atoms with E-state index in [1.165, 1.54) is 0 Å². The number of nitrogens with one attached hydrogen (secondary N) is 2. The topological polar surface area (TPSA) is 162 Å². The van der Waals surface area contributed by atoms with E-state index in [2.05, 4.69) is 20.6 Å². The van der Waals surface area contributed by atoms with E-state index < -0.39 is 23.8 Å². The summed E-state index contributed by atoms with van der Waals surface area (Å²) in [4.78, 5) is 45.1. The average Bonchev–Trinajstić information content (AvgIpc) is 3.06. The number of hydrogen-bond donors (Lipinski definition) is 4. The van der Waals surface area contributed by atoms with Crippen LogP contribution >= 0.6 is 11.3 Å². The molecule has 1 heterocycles. The number of esters is 1. The monoisotopic (exact) mass is 432 g/mol. The Hall–Kier alpha value is -3.47. The molecule has 0 aliphatic rings. The summed E-state index contributed by atoms with van der Waals surface area (Å²) < 4.78 is 4.98. The maximum Gasteiger partial charge on any atom is 0.308 e. The van der Waals surface area contributed by atoms with Crippen LogP contribution in [0.25, 0.3) is 0 Å². The number of nitrogens with two attached hydrogens (primary N) is 2. The number of amides is 2. The van der Waals surface area contributed by atoms with Crippen molar-refractivity contribution in [3.63, 3.8) is 0 Å². The minimum Gasteiger partial charge on any atom is -0.466 e. The SMILES string of the molecule is CCOC(=O)CC(NC(=O)CNC(=O)c1nc(N=C(N)N)sc1C)c1ccccc1. The summed E-state index contributed by atoms with van der Waals surface area (Å²) in [5.41, 5.74) is 11.5. The second-order valence-electron chi connectivity index (χ2n) is 6.16. The number of carbonyl (C=O) groups is 3. The molecular weight excluding hydrogens is 408 g/mol. The second-order valence-corrected chi connectivity index (χ2v) is 7.34. The molecule has 2 rings (SSSR count). The summed E-state index contributed by atoms with van der Waals surface area (Å²) in [5, 5.41) is 5.51. The molecule has 2 amide bonds. The van der Waals surface area contributed by atoms with Crippen LogP contribution in [0.15, 0.2) is 35.3 Å². The van der Waals surface area contributed by atoms with E-state index in [4.69, 9.17) is 16.2 Å². The molecule has 0 saturated carbocycles. The van der Waals surface area contributed by atoms with Gasteiger partial charge in [0.1, 0.15) is 5.69 Å². The Bertz CT molecular complexity index is 924. The summed E-state index contributed by atoms with van der Waals surface area (Å²) in [6.45, 7) is 3.37. The van der Waals surface area contributed by atoms with E-state index >= 15 is 0 Å². The third kappa shape index (κ3) is 6.85. The van der Waals surface area contributed by atoms with Gasteiger partial charge in [0.05, 0.1) is 25.6 Å². The average molecular weight is 433 g/mol. The maximum absolute atomic E-state index is 12.4. The number of nitrogens with zero attached hydrogens (tertiary/aromatic N) is 2. The standard InChI is InChI=1S/C19H24N6O4S/c1-3-29-15(27)9-13(12-7-5-4-6-8-12)23-14(26)10-22-17(28)16-11(2)30-19(24-16)25-18(20)21/h4-8,13H,3,9-10H2,1-2H3,(H,22,28)(H,23,26)(H4,20,21,24,25). The van der Waals surface area contributed by atoms with Crippen LogP contribution in [0.3, 0.4) is 0 Å². The van der Waals surface area contributed by atoms with Gasteiger partial charge in [-0.2, -0.15) is 4.99 Å². The van der Waals surface area contributed by atoms with Gasteiger partial charge >= 0.3 is 5.97 Å². The quantitative estimate of drug-likeness (QED) is 0.260. The first kappa shape index (κ1) is 22.8. The highest BCUT2D eigenvalue weighted by atomic mass is 32.1. The Kier molecular flexibility index (Phi) is 8.29. The third-order valence-corrected chi connectivity index (χ3v) is 4.71. The zero-order valence-corrected chi connectivity index (χ0v) is 17.5. The molecule has 1 aromatic carbocycles. The summed E-state index contributed by atoms with van der Waals surface area (Å²) in [7, 11) is 0. The van der Waals surface area contributed by atoms with E-state index in [0.717, 1.165) is 16.9 Å². The molecule has 0 radical (unpaired) electrons. The number of benzene rings is 1. The molecule has 11 heteroatoms. The largest absolute Gasteiger partial charge is 0.466 e. The highest BCUT2D eigenvalue weighted by molar-refractivity contribution is 7.15. The molecule has 1 unspecified atom stereocenters. The molecule has 0 saturated heterocycles. The fourth-order valence-corrected chi connectivity index (χ4v) is 3.36. The fourth-order valence-electron chi connectivity index (χ4n) is 2.57. The van der Waals surface area contributed by atoms with Gasteiger partial charge in [-0.3, -0.25) is 14.4 Å². The Morgan fingerprint density at radius 2 is 1.93 bits per heavy atom. The number of guanidine groups is 1. The van der Waals surface area contributed by atoms with Gasteiger partial charge in [-0.15, -0.1) is 0 Å². The maximum atomic E-state index is 12.4. The molecule has 160 valence electrons. The van der Waals surface area contributed by atoms with Crippen LogP contribution in [-0.4, -0.2) is 41.9 Å². The highest BCUT2D eigenvalue weighted by Crippen LogP contribution is 2.24. The molecule has 0 bridgehead atoms. The fraction of sp³-hybridized carbons (Fsp3) is 0.316. The number of aryl methyl sites for hydroxylation is 1. The summed E-state index contributed by atoms with van der Waals surface area (Å²) in [6, 6.07) is 8.46. The van der Waals surface area contributed by atoms with Gasteiger partial charge in [-0.05, 0) is 19.4 Å². The van der Waals surface area contributed by atoms with Gasteiger partial charge in [0.25, 0.3) is 5.91 Å². The van der Waals surface area contributed by atoms with Gasteiger partial charge in [0, 0.05) is 4.88 Å². The van der Waals surface area contributed by atoms with E-state index in [9.17, 15) is 14.4 Å². The minimum atomic E-state index is -0.580. The first-order valence-electron chi connectivity index (χ1n) is 9.15. The van der Waals surface area contributed by atoms with Crippen LogP contribution in [0.1, 0.15) is 40.3 Å². The van der Waals surface area contributed by atoms with Crippen molar-refractivity contribution in [2.45, 2.75) is 26.3 Å². The normalized spacial score (nSPS) is 11.3. The molecule has 30 heavy (non-hydrogen) atoms. The molecule has 2 aromatic rings. The molecule has 0 aliphatic carbocycles. The lowest BCUT2D eigenvalue weighted by Crippen LogP contribution is -2.39. The summed E-state index contributed by atoms with van der Waals surface area (Å²) in [6.07, 6.45) is -0.0232. The molecule has 0 fully saturated rings. The Morgan fingerprint density at radius 3 is 2.57 bits per heavy atom. The number of aromatic nitrogens is 1. The van der Waals surface area contributed by atoms with Gasteiger partial charge < -0.3 is 26.8 Å². The molecular formula is C19H24N6O4S. The lowest BCUT2D eigenvalue weighted by atomic mass is 10.0. The van der Waals surface area contributed by atoms with E-state index in [0.29, 0.717) is 4.88 Å². The third-order valence-electron chi connectivity index (χ3n) is 3.85. The predicted molar refractivity (Wildman–Crippen MR) is 113 cm³/mol. The molecule has 0 aliphatic heterocycles. The van der Waals surface area contributed by atoms with E-state index in [-0.39, 0.29) is 36.4 Å². The van der Waals surface area contributed by atoms with Crippen LogP contribution in [0.4, 0.5) is 5.13 Å².